The lowest BCUT2D eigenvalue weighted by Gasteiger charge is -2.27. The van der Waals surface area contributed by atoms with Gasteiger partial charge < -0.3 is 10.6 Å². The highest BCUT2D eigenvalue weighted by atomic mass is 16.1. The van der Waals surface area contributed by atoms with E-state index in [1.807, 2.05) is 0 Å². The van der Waals surface area contributed by atoms with E-state index in [0.29, 0.717) is 6.42 Å². The van der Waals surface area contributed by atoms with E-state index in [1.165, 1.54) is 12.8 Å². The number of carbonyl (C=O) groups excluding carboxylic acids is 1. The Balaban J connectivity index is 2.51. The van der Waals surface area contributed by atoms with Gasteiger partial charge in [-0.2, -0.15) is 0 Å². The van der Waals surface area contributed by atoms with Crippen LogP contribution in [0, 0.1) is 5.92 Å². The van der Waals surface area contributed by atoms with Crippen LogP contribution in [0.2, 0.25) is 0 Å². The number of hydrogen-bond donors (Lipinski definition) is 1. The quantitative estimate of drug-likeness (QED) is 0.721. The molecule has 16 heavy (non-hydrogen) atoms. The van der Waals surface area contributed by atoms with E-state index in [0.717, 1.165) is 38.0 Å². The Morgan fingerprint density at radius 3 is 2.56 bits per heavy atom. The van der Waals surface area contributed by atoms with Gasteiger partial charge in [0.05, 0.1) is 0 Å². The topological polar surface area (TPSA) is 46.3 Å². The second-order valence-electron chi connectivity index (χ2n) is 4.70. The van der Waals surface area contributed by atoms with Crippen molar-refractivity contribution in [2.24, 2.45) is 11.7 Å². The number of rotatable bonds is 7. The predicted molar refractivity (Wildman–Crippen MR) is 66.8 cm³/mol. The lowest BCUT2D eigenvalue weighted by molar-refractivity contribution is -0.118. The number of hydrogen-bond acceptors (Lipinski definition) is 2. The van der Waals surface area contributed by atoms with Crippen LogP contribution in [0.5, 0.6) is 0 Å². The third kappa shape index (κ3) is 3.87. The molecule has 1 atom stereocenters. The van der Waals surface area contributed by atoms with E-state index in [4.69, 9.17) is 5.73 Å². The van der Waals surface area contributed by atoms with Gasteiger partial charge in [0, 0.05) is 31.1 Å². The van der Waals surface area contributed by atoms with Gasteiger partial charge in [-0.25, -0.2) is 0 Å². The van der Waals surface area contributed by atoms with Gasteiger partial charge in [0.15, 0.2) is 0 Å². The van der Waals surface area contributed by atoms with Crippen molar-refractivity contribution in [2.75, 3.05) is 13.1 Å². The molecule has 1 saturated heterocycles. The maximum absolute atomic E-state index is 11.1. The summed E-state index contributed by atoms with van der Waals surface area (Å²) < 4.78 is 0. The number of carbonyl (C=O) groups is 1. The minimum absolute atomic E-state index is 0.207. The second-order valence-corrected chi connectivity index (χ2v) is 4.70. The summed E-state index contributed by atoms with van der Waals surface area (Å²) in [7, 11) is 0. The van der Waals surface area contributed by atoms with Gasteiger partial charge in [-0.1, -0.05) is 26.3 Å². The fourth-order valence-electron chi connectivity index (χ4n) is 2.34. The molecule has 0 radical (unpaired) electrons. The average molecular weight is 224 g/mol. The maximum atomic E-state index is 11.1. The molecule has 1 unspecified atom stereocenters. The minimum atomic E-state index is -0.207. The molecule has 0 aromatic rings. The van der Waals surface area contributed by atoms with Crippen molar-refractivity contribution in [3.8, 4) is 0 Å². The molecule has 1 heterocycles. The van der Waals surface area contributed by atoms with E-state index in [-0.39, 0.29) is 11.8 Å². The van der Waals surface area contributed by atoms with Crippen LogP contribution in [0.1, 0.15) is 45.4 Å². The van der Waals surface area contributed by atoms with Crippen molar-refractivity contribution < 1.29 is 4.79 Å². The van der Waals surface area contributed by atoms with Crippen LogP contribution in [0.15, 0.2) is 12.3 Å². The SMILES string of the molecule is C=C(C(CCCC)CC(N)=O)N1CCCC1. The molecule has 2 N–H and O–H groups in total. The first-order chi connectivity index (χ1) is 7.65. The Morgan fingerprint density at radius 2 is 2.06 bits per heavy atom. The highest BCUT2D eigenvalue weighted by Gasteiger charge is 2.22. The van der Waals surface area contributed by atoms with Gasteiger partial charge in [0.1, 0.15) is 0 Å². The fourth-order valence-corrected chi connectivity index (χ4v) is 2.34. The van der Waals surface area contributed by atoms with Gasteiger partial charge >= 0.3 is 0 Å². The molecule has 0 aromatic heterocycles. The number of primary amides is 1. The summed E-state index contributed by atoms with van der Waals surface area (Å²) in [6.45, 7) is 8.52. The fraction of sp³-hybridized carbons (Fsp3) is 0.769. The van der Waals surface area contributed by atoms with Crippen molar-refractivity contribution >= 4 is 5.91 Å². The summed E-state index contributed by atoms with van der Waals surface area (Å²) in [4.78, 5) is 13.4. The number of likely N-dealkylation sites (tertiary alicyclic amines) is 1. The highest BCUT2D eigenvalue weighted by Crippen LogP contribution is 2.26. The standard InChI is InChI=1S/C13H24N2O/c1-3-4-7-12(10-13(14)16)11(2)15-8-5-6-9-15/h12H,2-10H2,1H3,(H2,14,16). The lowest BCUT2D eigenvalue weighted by Crippen LogP contribution is -2.27. The van der Waals surface area contributed by atoms with Gasteiger partial charge in [-0.05, 0) is 19.3 Å². The summed E-state index contributed by atoms with van der Waals surface area (Å²) in [5, 5.41) is 0. The number of nitrogens with two attached hydrogens (primary N) is 1. The molecule has 1 amide bonds. The van der Waals surface area contributed by atoms with Crippen LogP contribution in [-0.2, 0) is 4.79 Å². The van der Waals surface area contributed by atoms with Crippen LogP contribution in [-0.4, -0.2) is 23.9 Å². The Morgan fingerprint density at radius 1 is 1.44 bits per heavy atom. The molecule has 92 valence electrons. The summed E-state index contributed by atoms with van der Waals surface area (Å²) in [6.07, 6.45) is 6.28. The Kier molecular flexibility index (Phi) is 5.36. The molecule has 0 aliphatic carbocycles. The number of allylic oxidation sites excluding steroid dienone is 1. The summed E-state index contributed by atoms with van der Waals surface area (Å²) in [5.74, 6) is 0.0528. The smallest absolute Gasteiger partial charge is 0.218 e. The van der Waals surface area contributed by atoms with E-state index in [2.05, 4.69) is 18.4 Å². The van der Waals surface area contributed by atoms with Crippen molar-refractivity contribution in [1.29, 1.82) is 0 Å². The van der Waals surface area contributed by atoms with Crippen LogP contribution in [0.4, 0.5) is 0 Å². The van der Waals surface area contributed by atoms with E-state index >= 15 is 0 Å². The average Bonchev–Trinajstić information content (AvgIpc) is 2.76. The molecule has 0 aromatic carbocycles. The van der Waals surface area contributed by atoms with Gasteiger partial charge in [-0.3, -0.25) is 4.79 Å². The monoisotopic (exact) mass is 224 g/mol. The van der Waals surface area contributed by atoms with Gasteiger partial charge in [0.2, 0.25) is 5.91 Å². The minimum Gasteiger partial charge on any atom is -0.375 e. The normalized spacial score (nSPS) is 17.4. The van der Waals surface area contributed by atoms with E-state index in [1.54, 1.807) is 0 Å². The maximum Gasteiger partial charge on any atom is 0.218 e. The molecule has 0 saturated carbocycles. The zero-order chi connectivity index (χ0) is 12.0. The van der Waals surface area contributed by atoms with Gasteiger partial charge in [0.25, 0.3) is 0 Å². The van der Waals surface area contributed by atoms with Gasteiger partial charge in [-0.15, -0.1) is 0 Å². The van der Waals surface area contributed by atoms with Crippen LogP contribution >= 0.6 is 0 Å². The molecule has 3 heteroatoms. The van der Waals surface area contributed by atoms with Crippen molar-refractivity contribution in [3.63, 3.8) is 0 Å². The molecule has 3 nitrogen and oxygen atoms in total. The van der Waals surface area contributed by atoms with Crippen LogP contribution < -0.4 is 5.73 Å². The molecule has 0 bridgehead atoms. The molecule has 1 aliphatic rings. The summed E-state index contributed by atoms with van der Waals surface area (Å²) >= 11 is 0. The largest absolute Gasteiger partial charge is 0.375 e. The Hall–Kier alpha value is -0.990. The number of amides is 1. The van der Waals surface area contributed by atoms with Crippen molar-refractivity contribution in [1.82, 2.24) is 4.90 Å². The molecule has 1 aliphatic heterocycles. The van der Waals surface area contributed by atoms with E-state index < -0.39 is 0 Å². The third-order valence-corrected chi connectivity index (χ3v) is 3.34. The molecule has 1 rings (SSSR count). The zero-order valence-electron chi connectivity index (χ0n) is 10.4. The first kappa shape index (κ1) is 13.1. The predicted octanol–water partition coefficient (Wildman–Crippen LogP) is 2.28. The molecular formula is C13H24N2O. The van der Waals surface area contributed by atoms with Crippen LogP contribution in [0.3, 0.4) is 0 Å². The Bertz CT molecular complexity index is 244. The zero-order valence-corrected chi connectivity index (χ0v) is 10.4. The molecule has 0 spiro atoms. The first-order valence-electron chi connectivity index (χ1n) is 6.37. The molecule has 1 fully saturated rings. The summed E-state index contributed by atoms with van der Waals surface area (Å²) in [5.41, 5.74) is 6.43. The van der Waals surface area contributed by atoms with Crippen LogP contribution in [0.25, 0.3) is 0 Å². The first-order valence-corrected chi connectivity index (χ1v) is 6.37. The lowest BCUT2D eigenvalue weighted by atomic mass is 9.94. The molecular weight excluding hydrogens is 200 g/mol. The summed E-state index contributed by atoms with van der Waals surface area (Å²) in [6, 6.07) is 0. The number of unbranched alkanes of at least 4 members (excludes halogenated alkanes) is 1. The number of nitrogens with zero attached hydrogens (tertiary/aromatic N) is 1. The Labute approximate surface area is 98.7 Å². The van der Waals surface area contributed by atoms with Crippen molar-refractivity contribution in [3.05, 3.63) is 12.3 Å². The van der Waals surface area contributed by atoms with Crippen molar-refractivity contribution in [2.45, 2.75) is 45.4 Å². The highest BCUT2D eigenvalue weighted by molar-refractivity contribution is 5.74. The third-order valence-electron chi connectivity index (χ3n) is 3.34. The second kappa shape index (κ2) is 6.56. The van der Waals surface area contributed by atoms with E-state index in [9.17, 15) is 4.79 Å².